The number of carbonyl (C=O) groups excluding carboxylic acids is 1. The van der Waals surface area contributed by atoms with Crippen molar-refractivity contribution in [1.29, 1.82) is 0 Å². The molecular weight excluding hydrogens is 374 g/mol. The van der Waals surface area contributed by atoms with Gasteiger partial charge < -0.3 is 15.2 Å². The molecule has 0 aliphatic rings. The maximum atomic E-state index is 12.3. The number of hydrogen-bond acceptors (Lipinski definition) is 4. The van der Waals surface area contributed by atoms with Gasteiger partial charge in [0.1, 0.15) is 5.75 Å². The zero-order valence-corrected chi connectivity index (χ0v) is 15.9. The van der Waals surface area contributed by atoms with E-state index < -0.39 is 5.97 Å². The molecule has 138 valence electrons. The molecule has 0 atom stereocenters. The summed E-state index contributed by atoms with van der Waals surface area (Å²) in [6.07, 6.45) is 2.49. The molecule has 0 spiro atoms. The van der Waals surface area contributed by atoms with Gasteiger partial charge in [-0.25, -0.2) is 0 Å². The Labute approximate surface area is 161 Å². The Morgan fingerprint density at radius 2 is 1.92 bits per heavy atom. The number of thioether (sulfide) groups is 1. The van der Waals surface area contributed by atoms with Crippen LogP contribution < -0.4 is 10.1 Å². The van der Waals surface area contributed by atoms with Gasteiger partial charge in [0.05, 0.1) is 17.2 Å². The molecule has 1 amide bonds. The van der Waals surface area contributed by atoms with Gasteiger partial charge in [0.2, 0.25) is 0 Å². The fraction of sp³-hybridized carbons (Fsp3) is 0.263. The molecule has 0 saturated heterocycles. The third-order valence-electron chi connectivity index (χ3n) is 3.60. The van der Waals surface area contributed by atoms with Gasteiger partial charge >= 0.3 is 5.97 Å². The van der Waals surface area contributed by atoms with Crippen molar-refractivity contribution in [3.63, 3.8) is 0 Å². The van der Waals surface area contributed by atoms with E-state index >= 15 is 0 Å². The smallest absolute Gasteiger partial charge is 0.303 e. The number of benzene rings is 2. The van der Waals surface area contributed by atoms with Crippen molar-refractivity contribution in [2.24, 2.45) is 0 Å². The summed E-state index contributed by atoms with van der Waals surface area (Å²) >= 11 is 7.66. The summed E-state index contributed by atoms with van der Waals surface area (Å²) in [7, 11) is 0. The molecule has 2 rings (SSSR count). The van der Waals surface area contributed by atoms with Crippen LogP contribution in [0, 0.1) is 0 Å². The lowest BCUT2D eigenvalue weighted by Gasteiger charge is -2.09. The van der Waals surface area contributed by atoms with E-state index in [4.69, 9.17) is 21.4 Å². The highest BCUT2D eigenvalue weighted by Gasteiger charge is 2.11. The normalized spacial score (nSPS) is 10.4. The molecule has 0 heterocycles. The van der Waals surface area contributed by atoms with Gasteiger partial charge in [0.25, 0.3) is 5.91 Å². The van der Waals surface area contributed by atoms with Gasteiger partial charge in [-0.2, -0.15) is 0 Å². The SMILES string of the molecule is CSc1ccc(Cl)c(C(=O)NCc2ccc(OCCCC(=O)O)cc2)c1. The molecule has 26 heavy (non-hydrogen) atoms. The average molecular weight is 394 g/mol. The third-order valence-corrected chi connectivity index (χ3v) is 4.65. The largest absolute Gasteiger partial charge is 0.494 e. The van der Waals surface area contributed by atoms with Crippen LogP contribution in [0.25, 0.3) is 0 Å². The van der Waals surface area contributed by atoms with Gasteiger partial charge in [0, 0.05) is 17.9 Å². The summed E-state index contributed by atoms with van der Waals surface area (Å²) < 4.78 is 5.48. The number of halogens is 1. The number of carboxylic acids is 1. The van der Waals surface area contributed by atoms with Crippen molar-refractivity contribution in [3.8, 4) is 5.75 Å². The first-order valence-corrected chi connectivity index (χ1v) is 9.65. The van der Waals surface area contributed by atoms with E-state index in [1.54, 1.807) is 36.0 Å². The number of carbonyl (C=O) groups is 2. The number of carboxylic acid groups (broad SMARTS) is 1. The summed E-state index contributed by atoms with van der Waals surface area (Å²) in [5.41, 5.74) is 1.38. The molecule has 2 aromatic carbocycles. The van der Waals surface area contributed by atoms with E-state index in [2.05, 4.69) is 5.32 Å². The zero-order chi connectivity index (χ0) is 18.9. The minimum Gasteiger partial charge on any atom is -0.494 e. The molecule has 2 aromatic rings. The quantitative estimate of drug-likeness (QED) is 0.492. The summed E-state index contributed by atoms with van der Waals surface area (Å²) in [5, 5.41) is 11.9. The Morgan fingerprint density at radius 3 is 2.58 bits per heavy atom. The van der Waals surface area contributed by atoms with Gasteiger partial charge in [-0.3, -0.25) is 9.59 Å². The molecule has 0 aliphatic heterocycles. The van der Waals surface area contributed by atoms with Crippen molar-refractivity contribution < 1.29 is 19.4 Å². The second-order valence-corrected chi connectivity index (χ2v) is 6.81. The van der Waals surface area contributed by atoms with Gasteiger partial charge in [-0.05, 0) is 48.6 Å². The topological polar surface area (TPSA) is 75.6 Å². The molecular formula is C19H20ClNO4S. The first-order chi connectivity index (χ1) is 12.5. The molecule has 0 bridgehead atoms. The van der Waals surface area contributed by atoms with Crippen LogP contribution in [0.2, 0.25) is 5.02 Å². The molecule has 5 nitrogen and oxygen atoms in total. The van der Waals surface area contributed by atoms with Crippen LogP contribution in [-0.2, 0) is 11.3 Å². The Morgan fingerprint density at radius 1 is 1.19 bits per heavy atom. The molecule has 0 fully saturated rings. The fourth-order valence-corrected chi connectivity index (χ4v) is 2.84. The highest BCUT2D eigenvalue weighted by molar-refractivity contribution is 7.98. The lowest BCUT2D eigenvalue weighted by atomic mass is 10.2. The van der Waals surface area contributed by atoms with Crippen LogP contribution in [0.5, 0.6) is 5.75 Å². The molecule has 0 aliphatic carbocycles. The third kappa shape index (κ3) is 6.28. The lowest BCUT2D eigenvalue weighted by Crippen LogP contribution is -2.23. The first kappa shape index (κ1) is 20.1. The van der Waals surface area contributed by atoms with Crippen molar-refractivity contribution >= 4 is 35.2 Å². The maximum Gasteiger partial charge on any atom is 0.303 e. The summed E-state index contributed by atoms with van der Waals surface area (Å²) in [6.45, 7) is 0.727. The number of aliphatic carboxylic acids is 1. The van der Waals surface area contributed by atoms with Crippen LogP contribution in [0.1, 0.15) is 28.8 Å². The van der Waals surface area contributed by atoms with Crippen LogP contribution in [0.3, 0.4) is 0 Å². The maximum absolute atomic E-state index is 12.3. The Bertz CT molecular complexity index is 765. The monoisotopic (exact) mass is 393 g/mol. The molecule has 0 unspecified atom stereocenters. The highest BCUT2D eigenvalue weighted by atomic mass is 35.5. The number of amides is 1. The predicted octanol–water partition coefficient (Wildman–Crippen LogP) is 4.24. The number of nitrogens with one attached hydrogen (secondary N) is 1. The summed E-state index contributed by atoms with van der Waals surface area (Å²) in [5.74, 6) is -0.385. The van der Waals surface area contributed by atoms with Gasteiger partial charge in [-0.1, -0.05) is 23.7 Å². The average Bonchev–Trinajstić information content (AvgIpc) is 2.64. The van der Waals surface area contributed by atoms with Crippen LogP contribution >= 0.6 is 23.4 Å². The highest BCUT2D eigenvalue weighted by Crippen LogP contribution is 2.23. The van der Waals surface area contributed by atoms with Crippen molar-refractivity contribution in [1.82, 2.24) is 5.32 Å². The molecule has 2 N–H and O–H groups in total. The van der Waals surface area contributed by atoms with Crippen molar-refractivity contribution in [3.05, 3.63) is 58.6 Å². The van der Waals surface area contributed by atoms with Crippen molar-refractivity contribution in [2.75, 3.05) is 12.9 Å². The standard InChI is InChI=1S/C19H20ClNO4S/c1-26-15-8-9-17(20)16(11-15)19(24)21-12-13-4-6-14(7-5-13)25-10-2-3-18(22)23/h4-9,11H,2-3,10,12H2,1H3,(H,21,24)(H,22,23). The summed E-state index contributed by atoms with van der Waals surface area (Å²) in [4.78, 5) is 23.7. The Kier molecular flexibility index (Phi) is 7.81. The Hall–Kier alpha value is -2.18. The molecule has 0 saturated carbocycles. The first-order valence-electron chi connectivity index (χ1n) is 8.05. The van der Waals surface area contributed by atoms with E-state index in [0.29, 0.717) is 35.9 Å². The molecule has 7 heteroatoms. The number of rotatable bonds is 9. The molecule has 0 aromatic heterocycles. The van der Waals surface area contributed by atoms with E-state index in [1.165, 1.54) is 0 Å². The second kappa shape index (κ2) is 10.1. The zero-order valence-electron chi connectivity index (χ0n) is 14.3. The van der Waals surface area contributed by atoms with Crippen LogP contribution in [0.15, 0.2) is 47.4 Å². The van der Waals surface area contributed by atoms with Crippen LogP contribution in [0.4, 0.5) is 0 Å². The lowest BCUT2D eigenvalue weighted by molar-refractivity contribution is -0.137. The number of hydrogen-bond donors (Lipinski definition) is 2. The van der Waals surface area contributed by atoms with Crippen LogP contribution in [-0.4, -0.2) is 29.8 Å². The van der Waals surface area contributed by atoms with E-state index in [-0.39, 0.29) is 12.3 Å². The van der Waals surface area contributed by atoms with Crippen molar-refractivity contribution in [2.45, 2.75) is 24.3 Å². The van der Waals surface area contributed by atoms with E-state index in [9.17, 15) is 9.59 Å². The Balaban J connectivity index is 1.85. The predicted molar refractivity (Wildman–Crippen MR) is 103 cm³/mol. The van der Waals surface area contributed by atoms with Gasteiger partial charge in [0.15, 0.2) is 0 Å². The van der Waals surface area contributed by atoms with E-state index in [0.717, 1.165) is 10.5 Å². The van der Waals surface area contributed by atoms with Gasteiger partial charge in [-0.15, -0.1) is 11.8 Å². The fourth-order valence-electron chi connectivity index (χ4n) is 2.20. The summed E-state index contributed by atoms with van der Waals surface area (Å²) in [6, 6.07) is 12.7. The number of ether oxygens (including phenoxy) is 1. The van der Waals surface area contributed by atoms with E-state index in [1.807, 2.05) is 24.5 Å². The minimum atomic E-state index is -0.831. The second-order valence-electron chi connectivity index (χ2n) is 5.52. The minimum absolute atomic E-state index is 0.0877. The molecule has 0 radical (unpaired) electrons.